The van der Waals surface area contributed by atoms with Crippen molar-refractivity contribution in [2.24, 2.45) is 0 Å². The second-order valence-electron chi connectivity index (χ2n) is 8.92. The molecule has 0 unspecified atom stereocenters. The van der Waals surface area contributed by atoms with E-state index < -0.39 is 12.0 Å². The lowest BCUT2D eigenvalue weighted by Gasteiger charge is -2.26. The zero-order chi connectivity index (χ0) is 28.2. The first-order chi connectivity index (χ1) is 19.4. The van der Waals surface area contributed by atoms with Crippen LogP contribution in [0, 0.1) is 0 Å². The molecular weight excluding hydrogens is 552 g/mol. The third-order valence-corrected chi connectivity index (χ3v) is 6.99. The standard InChI is InChI=1S/C29H25ClN4O5S/c1-37-16-25(35)32-21-10-9-19(15-20(21)30)34-27(26(33-29(34)40)22-8-3-4-13-31-22)24-12-11-23(39-24)17-6-5-7-18(14-17)28(36)38-2/h3-15,26-27H,16H2,1-2H3,(H,32,35)(H,33,40)/t26-,27+/m0/s1. The number of halogens is 1. The van der Waals surface area contributed by atoms with Crippen LogP contribution in [0.2, 0.25) is 5.02 Å². The zero-order valence-corrected chi connectivity index (χ0v) is 23.2. The topological polar surface area (TPSA) is 106 Å². The van der Waals surface area contributed by atoms with E-state index in [-0.39, 0.29) is 18.6 Å². The van der Waals surface area contributed by atoms with E-state index in [0.29, 0.717) is 38.6 Å². The molecule has 2 aromatic heterocycles. The molecule has 1 amide bonds. The van der Waals surface area contributed by atoms with Gasteiger partial charge in [0.25, 0.3) is 0 Å². The van der Waals surface area contributed by atoms with Gasteiger partial charge in [0.15, 0.2) is 5.11 Å². The van der Waals surface area contributed by atoms with E-state index in [1.165, 1.54) is 14.2 Å². The molecule has 0 aliphatic carbocycles. The Labute approximate surface area is 241 Å². The first-order valence-electron chi connectivity index (χ1n) is 12.3. The van der Waals surface area contributed by atoms with Crippen LogP contribution in [0.5, 0.6) is 0 Å². The molecule has 0 bridgehead atoms. The number of esters is 1. The van der Waals surface area contributed by atoms with Crippen LogP contribution >= 0.6 is 23.8 Å². The second kappa shape index (κ2) is 11.9. The first kappa shape index (κ1) is 27.3. The van der Waals surface area contributed by atoms with Gasteiger partial charge in [0, 0.05) is 24.6 Å². The molecule has 2 N–H and O–H groups in total. The van der Waals surface area contributed by atoms with E-state index in [2.05, 4.69) is 15.6 Å². The lowest BCUT2D eigenvalue weighted by Crippen LogP contribution is -2.29. The first-order valence-corrected chi connectivity index (χ1v) is 13.1. The maximum absolute atomic E-state index is 12.1. The van der Waals surface area contributed by atoms with Gasteiger partial charge in [0.05, 0.1) is 35.1 Å². The van der Waals surface area contributed by atoms with Crippen LogP contribution < -0.4 is 15.5 Å². The molecule has 1 aliphatic rings. The Morgan fingerprint density at radius 1 is 1.10 bits per heavy atom. The van der Waals surface area contributed by atoms with Gasteiger partial charge in [-0.2, -0.15) is 0 Å². The Hall–Kier alpha value is -4.25. The zero-order valence-electron chi connectivity index (χ0n) is 21.6. The molecule has 1 aliphatic heterocycles. The number of furan rings is 1. The second-order valence-corrected chi connectivity index (χ2v) is 9.71. The summed E-state index contributed by atoms with van der Waals surface area (Å²) in [5, 5.41) is 6.90. The van der Waals surface area contributed by atoms with Crippen molar-refractivity contribution in [1.29, 1.82) is 0 Å². The number of methoxy groups -OCH3 is 2. The molecule has 1 fully saturated rings. The molecule has 204 valence electrons. The van der Waals surface area contributed by atoms with Crippen molar-refractivity contribution in [2.45, 2.75) is 12.1 Å². The number of amides is 1. The third kappa shape index (κ3) is 5.55. The number of carbonyl (C=O) groups excluding carboxylic acids is 2. The number of benzene rings is 2. The monoisotopic (exact) mass is 576 g/mol. The fourth-order valence-corrected chi connectivity index (χ4v) is 5.15. The largest absolute Gasteiger partial charge is 0.465 e. The van der Waals surface area contributed by atoms with Crippen molar-refractivity contribution >= 4 is 52.2 Å². The number of thiocarbonyl (C=S) groups is 1. The number of pyridine rings is 1. The minimum atomic E-state index is -0.431. The van der Waals surface area contributed by atoms with E-state index in [1.807, 2.05) is 47.4 Å². The average Bonchev–Trinajstić information content (AvgIpc) is 3.59. The number of aromatic nitrogens is 1. The SMILES string of the molecule is COCC(=O)Nc1ccc(N2C(=S)N[C@@H](c3ccccn3)[C@H]2c2ccc(-c3cccc(C(=O)OC)c3)o2)cc1Cl. The van der Waals surface area contributed by atoms with Gasteiger partial charge in [0.1, 0.15) is 24.2 Å². The fourth-order valence-electron chi connectivity index (χ4n) is 4.58. The molecule has 40 heavy (non-hydrogen) atoms. The fraction of sp³-hybridized carbons (Fsp3) is 0.172. The van der Waals surface area contributed by atoms with Crippen molar-refractivity contribution in [3.8, 4) is 11.3 Å². The van der Waals surface area contributed by atoms with Crippen LogP contribution in [0.3, 0.4) is 0 Å². The molecule has 5 rings (SSSR count). The maximum atomic E-state index is 12.1. The number of hydrogen-bond acceptors (Lipinski definition) is 7. The van der Waals surface area contributed by atoms with Crippen molar-refractivity contribution in [3.05, 3.63) is 101 Å². The Morgan fingerprint density at radius 3 is 2.67 bits per heavy atom. The number of hydrogen-bond donors (Lipinski definition) is 2. The molecule has 2 aromatic carbocycles. The van der Waals surface area contributed by atoms with Gasteiger partial charge in [-0.3, -0.25) is 9.78 Å². The number of nitrogens with zero attached hydrogens (tertiary/aromatic N) is 2. The van der Waals surface area contributed by atoms with Crippen molar-refractivity contribution in [1.82, 2.24) is 10.3 Å². The lowest BCUT2D eigenvalue weighted by atomic mass is 10.0. The van der Waals surface area contributed by atoms with Gasteiger partial charge >= 0.3 is 5.97 Å². The molecule has 4 aromatic rings. The normalized spacial score (nSPS) is 16.5. The van der Waals surface area contributed by atoms with E-state index >= 15 is 0 Å². The third-order valence-electron chi connectivity index (χ3n) is 6.36. The minimum Gasteiger partial charge on any atom is -0.465 e. The molecule has 3 heterocycles. The lowest BCUT2D eigenvalue weighted by molar-refractivity contribution is -0.119. The molecule has 0 spiro atoms. The highest BCUT2D eigenvalue weighted by atomic mass is 35.5. The Bertz CT molecular complexity index is 1560. The summed E-state index contributed by atoms with van der Waals surface area (Å²) in [4.78, 5) is 30.5. The number of carbonyl (C=O) groups is 2. The molecule has 0 radical (unpaired) electrons. The summed E-state index contributed by atoms with van der Waals surface area (Å²) in [6, 6.07) is 20.9. The van der Waals surface area contributed by atoms with E-state index in [9.17, 15) is 9.59 Å². The summed E-state index contributed by atoms with van der Waals surface area (Å²) in [6.07, 6.45) is 1.72. The van der Waals surface area contributed by atoms with Gasteiger partial charge in [-0.25, -0.2) is 4.79 Å². The van der Waals surface area contributed by atoms with Gasteiger partial charge in [-0.1, -0.05) is 29.8 Å². The van der Waals surface area contributed by atoms with Crippen LogP contribution in [0.4, 0.5) is 11.4 Å². The predicted molar refractivity (Wildman–Crippen MR) is 155 cm³/mol. The highest BCUT2D eigenvalue weighted by Gasteiger charge is 2.42. The quantitative estimate of drug-likeness (QED) is 0.206. The Balaban J connectivity index is 1.53. The smallest absolute Gasteiger partial charge is 0.337 e. The molecule has 2 atom stereocenters. The highest BCUT2D eigenvalue weighted by molar-refractivity contribution is 7.80. The minimum absolute atomic E-state index is 0.0879. The number of nitrogens with one attached hydrogen (secondary N) is 2. The Kier molecular flexibility index (Phi) is 8.11. The van der Waals surface area contributed by atoms with E-state index in [4.69, 9.17) is 37.7 Å². The predicted octanol–water partition coefficient (Wildman–Crippen LogP) is 5.54. The highest BCUT2D eigenvalue weighted by Crippen LogP contribution is 2.44. The summed E-state index contributed by atoms with van der Waals surface area (Å²) in [5.41, 5.74) is 3.07. The van der Waals surface area contributed by atoms with Crippen molar-refractivity contribution in [3.63, 3.8) is 0 Å². The van der Waals surface area contributed by atoms with Crippen LogP contribution in [0.15, 0.2) is 83.4 Å². The van der Waals surface area contributed by atoms with Gasteiger partial charge < -0.3 is 29.4 Å². The summed E-state index contributed by atoms with van der Waals surface area (Å²) in [7, 11) is 2.79. The number of anilines is 2. The number of rotatable bonds is 8. The molecular formula is C29H25ClN4O5S. The van der Waals surface area contributed by atoms with E-state index in [0.717, 1.165) is 11.3 Å². The van der Waals surface area contributed by atoms with Gasteiger partial charge in [0.2, 0.25) is 5.91 Å². The molecule has 0 saturated carbocycles. The molecule has 11 heteroatoms. The molecule has 9 nitrogen and oxygen atoms in total. The number of ether oxygens (including phenoxy) is 2. The summed E-state index contributed by atoms with van der Waals surface area (Å²) in [5.74, 6) is 0.449. The van der Waals surface area contributed by atoms with Crippen LogP contribution in [0.25, 0.3) is 11.3 Å². The van der Waals surface area contributed by atoms with Crippen LogP contribution in [-0.4, -0.2) is 42.8 Å². The van der Waals surface area contributed by atoms with Crippen molar-refractivity contribution in [2.75, 3.05) is 31.0 Å². The van der Waals surface area contributed by atoms with Crippen LogP contribution in [-0.2, 0) is 14.3 Å². The van der Waals surface area contributed by atoms with Crippen LogP contribution in [0.1, 0.15) is 33.9 Å². The van der Waals surface area contributed by atoms with Crippen molar-refractivity contribution < 1.29 is 23.5 Å². The maximum Gasteiger partial charge on any atom is 0.337 e. The Morgan fingerprint density at radius 2 is 1.95 bits per heavy atom. The summed E-state index contributed by atoms with van der Waals surface area (Å²) < 4.78 is 16.1. The van der Waals surface area contributed by atoms with Gasteiger partial charge in [-0.15, -0.1) is 0 Å². The summed E-state index contributed by atoms with van der Waals surface area (Å²) >= 11 is 12.3. The summed E-state index contributed by atoms with van der Waals surface area (Å²) in [6.45, 7) is -0.0879. The molecule has 1 saturated heterocycles. The van der Waals surface area contributed by atoms with E-state index in [1.54, 1.807) is 36.5 Å². The average molecular weight is 577 g/mol. The van der Waals surface area contributed by atoms with Gasteiger partial charge in [-0.05, 0) is 66.8 Å².